The molecule has 25 heavy (non-hydrogen) atoms. The Bertz CT molecular complexity index is 905. The number of rotatable bonds is 4. The molecule has 0 saturated carbocycles. The maximum atomic E-state index is 5.22. The van der Waals surface area contributed by atoms with E-state index in [1.165, 1.54) is 0 Å². The van der Waals surface area contributed by atoms with Crippen LogP contribution in [0.2, 0.25) is 0 Å². The second kappa shape index (κ2) is 6.62. The van der Waals surface area contributed by atoms with Gasteiger partial charge in [-0.1, -0.05) is 42.1 Å². The fraction of sp³-hybridized carbons (Fsp3) is 0.111. The lowest BCUT2D eigenvalue weighted by Gasteiger charge is -2.20. The molecular formula is C18H18N5OS+. The molecule has 126 valence electrons. The van der Waals surface area contributed by atoms with Crippen LogP contribution in [0.3, 0.4) is 0 Å². The number of thioether (sulfide) groups is 1. The van der Waals surface area contributed by atoms with Gasteiger partial charge in [0.15, 0.2) is 6.04 Å². The van der Waals surface area contributed by atoms with Gasteiger partial charge in [0.05, 0.1) is 12.8 Å². The Kier molecular flexibility index (Phi) is 4.17. The minimum absolute atomic E-state index is 0.106. The van der Waals surface area contributed by atoms with Crippen molar-refractivity contribution in [1.29, 1.82) is 0 Å². The Labute approximate surface area is 149 Å². The number of methoxy groups -OCH3 is 1. The average molecular weight is 352 g/mol. The molecule has 0 amide bonds. The van der Waals surface area contributed by atoms with Crippen molar-refractivity contribution in [2.75, 3.05) is 12.5 Å². The van der Waals surface area contributed by atoms with Crippen molar-refractivity contribution in [3.05, 3.63) is 77.0 Å². The van der Waals surface area contributed by atoms with E-state index >= 15 is 0 Å². The fourth-order valence-electron chi connectivity index (χ4n) is 2.68. The maximum absolute atomic E-state index is 5.22. The van der Waals surface area contributed by atoms with Gasteiger partial charge in [0.2, 0.25) is 11.0 Å². The SMILES string of the molecule is COc1ccc(C2=CSc3nnc([C@H]([NH3+])c4ccccc4)n3N2)cc1. The number of nitrogens with one attached hydrogen (secondary N) is 1. The molecule has 6 nitrogen and oxygen atoms in total. The Balaban J connectivity index is 1.63. The smallest absolute Gasteiger partial charge is 0.215 e. The molecule has 4 N–H and O–H groups in total. The van der Waals surface area contributed by atoms with E-state index in [0.29, 0.717) is 0 Å². The van der Waals surface area contributed by atoms with Gasteiger partial charge in [-0.05, 0) is 24.3 Å². The van der Waals surface area contributed by atoms with Crippen LogP contribution < -0.4 is 15.9 Å². The summed E-state index contributed by atoms with van der Waals surface area (Å²) in [5, 5.41) is 11.5. The Morgan fingerprint density at radius 3 is 2.56 bits per heavy atom. The van der Waals surface area contributed by atoms with Crippen LogP contribution in [0.25, 0.3) is 5.70 Å². The molecule has 0 spiro atoms. The van der Waals surface area contributed by atoms with Gasteiger partial charge in [0.25, 0.3) is 0 Å². The lowest BCUT2D eigenvalue weighted by atomic mass is 10.1. The molecule has 4 rings (SSSR count). The van der Waals surface area contributed by atoms with Crippen LogP contribution >= 0.6 is 11.8 Å². The highest BCUT2D eigenvalue weighted by Gasteiger charge is 2.25. The van der Waals surface area contributed by atoms with Crippen LogP contribution in [-0.4, -0.2) is 22.0 Å². The van der Waals surface area contributed by atoms with Gasteiger partial charge >= 0.3 is 0 Å². The summed E-state index contributed by atoms with van der Waals surface area (Å²) in [6.45, 7) is 0. The predicted molar refractivity (Wildman–Crippen MR) is 97.4 cm³/mol. The van der Waals surface area contributed by atoms with Crippen LogP contribution in [0.4, 0.5) is 0 Å². The third-order valence-electron chi connectivity index (χ3n) is 4.09. The van der Waals surface area contributed by atoms with E-state index in [4.69, 9.17) is 4.74 Å². The van der Waals surface area contributed by atoms with Crippen molar-refractivity contribution >= 4 is 17.5 Å². The molecule has 7 heteroatoms. The van der Waals surface area contributed by atoms with Crippen LogP contribution in [0.5, 0.6) is 5.75 Å². The summed E-state index contributed by atoms with van der Waals surface area (Å²) in [4.78, 5) is 0. The summed E-state index contributed by atoms with van der Waals surface area (Å²) in [5.74, 6) is 1.62. The first-order valence-corrected chi connectivity index (χ1v) is 8.76. The lowest BCUT2D eigenvalue weighted by molar-refractivity contribution is -0.414. The standard InChI is InChI=1S/C18H17N5OS/c1-24-14-9-7-12(8-10-14)15-11-25-18-21-20-17(23(18)22-15)16(19)13-5-3-2-4-6-13/h2-11,16,22H,19H2,1H3/p+1/t16-/m1/s1. The number of benzene rings is 2. The number of aromatic nitrogens is 3. The minimum Gasteiger partial charge on any atom is -0.497 e. The molecule has 0 fully saturated rings. The van der Waals surface area contributed by atoms with Gasteiger partial charge in [0, 0.05) is 16.5 Å². The monoisotopic (exact) mass is 352 g/mol. The van der Waals surface area contributed by atoms with Gasteiger partial charge in [-0.2, -0.15) is 0 Å². The molecule has 0 radical (unpaired) electrons. The second-order valence-corrected chi connectivity index (χ2v) is 6.47. The molecule has 3 aromatic rings. The van der Waals surface area contributed by atoms with E-state index in [9.17, 15) is 0 Å². The van der Waals surface area contributed by atoms with Crippen molar-refractivity contribution in [2.45, 2.75) is 11.2 Å². The molecule has 0 unspecified atom stereocenters. The summed E-state index contributed by atoms with van der Waals surface area (Å²) in [7, 11) is 1.66. The van der Waals surface area contributed by atoms with Crippen molar-refractivity contribution in [3.63, 3.8) is 0 Å². The zero-order valence-electron chi connectivity index (χ0n) is 13.7. The van der Waals surface area contributed by atoms with E-state index in [-0.39, 0.29) is 6.04 Å². The fourth-order valence-corrected chi connectivity index (χ4v) is 3.43. The molecule has 0 bridgehead atoms. The first-order valence-electron chi connectivity index (χ1n) is 7.88. The number of hydrogen-bond donors (Lipinski definition) is 2. The van der Waals surface area contributed by atoms with E-state index in [0.717, 1.165) is 33.6 Å². The van der Waals surface area contributed by atoms with E-state index in [2.05, 4.69) is 33.5 Å². The Morgan fingerprint density at radius 2 is 1.84 bits per heavy atom. The van der Waals surface area contributed by atoms with Crippen molar-refractivity contribution in [2.24, 2.45) is 0 Å². The van der Waals surface area contributed by atoms with Crippen LogP contribution in [0.15, 0.2) is 65.2 Å². The minimum atomic E-state index is -0.106. The zero-order valence-corrected chi connectivity index (χ0v) is 14.5. The summed E-state index contributed by atoms with van der Waals surface area (Å²) in [5.41, 5.74) is 10.8. The predicted octanol–water partition coefficient (Wildman–Crippen LogP) is 2.27. The molecule has 0 aliphatic carbocycles. The van der Waals surface area contributed by atoms with E-state index in [1.807, 2.05) is 52.5 Å². The molecule has 2 aromatic carbocycles. The highest BCUT2D eigenvalue weighted by molar-refractivity contribution is 8.02. The third-order valence-corrected chi connectivity index (χ3v) is 4.92. The summed E-state index contributed by atoms with van der Waals surface area (Å²) in [6, 6.07) is 17.9. The molecule has 0 saturated heterocycles. The van der Waals surface area contributed by atoms with Gasteiger partial charge in [-0.25, -0.2) is 4.68 Å². The van der Waals surface area contributed by atoms with Crippen molar-refractivity contribution < 1.29 is 10.5 Å². The second-order valence-electron chi connectivity index (χ2n) is 5.63. The molecule has 1 atom stereocenters. The molecule has 1 aliphatic heterocycles. The summed E-state index contributed by atoms with van der Waals surface area (Å²) >= 11 is 1.54. The topological polar surface area (TPSA) is 79.6 Å². The molecular weight excluding hydrogens is 334 g/mol. The van der Waals surface area contributed by atoms with E-state index < -0.39 is 0 Å². The molecule has 1 aromatic heterocycles. The molecule has 2 heterocycles. The first-order chi connectivity index (χ1) is 12.3. The van der Waals surface area contributed by atoms with Gasteiger partial charge < -0.3 is 10.5 Å². The van der Waals surface area contributed by atoms with Crippen LogP contribution in [0.1, 0.15) is 23.0 Å². The largest absolute Gasteiger partial charge is 0.497 e. The number of ether oxygens (including phenoxy) is 1. The highest BCUT2D eigenvalue weighted by atomic mass is 32.2. The quantitative estimate of drug-likeness (QED) is 0.753. The number of quaternary nitrogens is 1. The number of nitrogens with zero attached hydrogens (tertiary/aromatic N) is 3. The van der Waals surface area contributed by atoms with Gasteiger partial charge in [0.1, 0.15) is 5.75 Å². The zero-order chi connectivity index (χ0) is 17.2. The summed E-state index contributed by atoms with van der Waals surface area (Å²) < 4.78 is 7.13. The average Bonchev–Trinajstić information content (AvgIpc) is 3.11. The Hall–Kier alpha value is -2.77. The van der Waals surface area contributed by atoms with Crippen molar-refractivity contribution in [1.82, 2.24) is 14.9 Å². The Morgan fingerprint density at radius 1 is 1.08 bits per heavy atom. The van der Waals surface area contributed by atoms with Crippen LogP contribution in [-0.2, 0) is 0 Å². The first kappa shape index (κ1) is 15.7. The third kappa shape index (κ3) is 2.99. The van der Waals surface area contributed by atoms with Crippen molar-refractivity contribution in [3.8, 4) is 5.75 Å². The van der Waals surface area contributed by atoms with Gasteiger partial charge in [-0.15, -0.1) is 10.2 Å². The molecule has 1 aliphatic rings. The highest BCUT2D eigenvalue weighted by Crippen LogP contribution is 2.30. The normalized spacial score (nSPS) is 14.2. The lowest BCUT2D eigenvalue weighted by Crippen LogP contribution is -2.55. The van der Waals surface area contributed by atoms with Crippen LogP contribution in [0, 0.1) is 0 Å². The van der Waals surface area contributed by atoms with Gasteiger partial charge in [-0.3, -0.25) is 5.43 Å². The number of fused-ring (bicyclic) bond motifs is 1. The van der Waals surface area contributed by atoms with E-state index in [1.54, 1.807) is 18.9 Å². The number of hydrogen-bond acceptors (Lipinski definition) is 5. The maximum Gasteiger partial charge on any atom is 0.215 e. The summed E-state index contributed by atoms with van der Waals surface area (Å²) in [6.07, 6.45) is 0.